The fourth-order valence-corrected chi connectivity index (χ4v) is 9.87. The predicted octanol–water partition coefficient (Wildman–Crippen LogP) is 14.2. The summed E-state index contributed by atoms with van der Waals surface area (Å²) in [6.07, 6.45) is 0. The fourth-order valence-electron chi connectivity index (χ4n) is 9.87. The first kappa shape index (κ1) is 29.1. The molecule has 3 aromatic heterocycles. The Hall–Kier alpha value is -7.36. The number of aromatic nitrogens is 2. The number of nitrogens with zero attached hydrogens (tertiary/aromatic N) is 2. The molecule has 3 heteroatoms. The molecule has 0 amide bonds. The second-order valence-electron chi connectivity index (χ2n) is 14.8. The fraction of sp³-hybridized carbons (Fsp3) is 0. The van der Waals surface area contributed by atoms with Gasteiger partial charge >= 0.3 is 0 Å². The molecule has 0 N–H and O–H groups in total. The molecule has 9 aromatic carbocycles. The summed E-state index contributed by atoms with van der Waals surface area (Å²) in [6, 6.07) is 66.3. The third-order valence-corrected chi connectivity index (χ3v) is 12.0. The number of hydrogen-bond donors (Lipinski definition) is 0. The highest BCUT2D eigenvalue weighted by atomic mass is 16.3. The summed E-state index contributed by atoms with van der Waals surface area (Å²) in [6.45, 7) is 0. The molecule has 0 bridgehead atoms. The van der Waals surface area contributed by atoms with E-state index in [1.165, 1.54) is 65.8 Å². The maximum Gasteiger partial charge on any atom is 0.146 e. The van der Waals surface area contributed by atoms with Crippen molar-refractivity contribution < 1.29 is 4.42 Å². The molecule has 0 radical (unpaired) electrons. The van der Waals surface area contributed by atoms with E-state index in [2.05, 4.69) is 191 Å². The van der Waals surface area contributed by atoms with Crippen LogP contribution in [0.5, 0.6) is 0 Å². The standard InChI is InChI=1S/C52H30N2O/c1-2-15-32(16-3-1)53-44-26-10-7-21-41(44)49-51(53)50-47(48-42-22-8-11-27-45(42)55-52(48)49)40-20-6-9-25-43(40)54(50)33-17-12-14-31(30-33)34-28-29-39-36-19-5-4-18-35(36)38-24-13-23-37(34)46(38)39/h1-30H. The van der Waals surface area contributed by atoms with E-state index >= 15 is 0 Å². The van der Waals surface area contributed by atoms with Crippen LogP contribution in [0, 0.1) is 0 Å². The molecule has 0 unspecified atom stereocenters. The summed E-state index contributed by atoms with van der Waals surface area (Å²) in [5.74, 6) is 0. The molecule has 1 aliphatic rings. The zero-order valence-electron chi connectivity index (χ0n) is 29.6. The molecule has 0 saturated heterocycles. The summed E-state index contributed by atoms with van der Waals surface area (Å²) in [5.41, 5.74) is 16.4. The first-order valence-electron chi connectivity index (χ1n) is 18.9. The summed E-state index contributed by atoms with van der Waals surface area (Å²) in [7, 11) is 0. The van der Waals surface area contributed by atoms with Gasteiger partial charge in [0, 0.05) is 38.3 Å². The Kier molecular flexibility index (Phi) is 5.63. The van der Waals surface area contributed by atoms with Crippen LogP contribution in [-0.4, -0.2) is 9.13 Å². The minimum Gasteiger partial charge on any atom is -0.455 e. The molecule has 3 nitrogen and oxygen atoms in total. The molecular formula is C52H30N2O. The van der Waals surface area contributed by atoms with Gasteiger partial charge in [-0.3, -0.25) is 0 Å². The largest absolute Gasteiger partial charge is 0.455 e. The van der Waals surface area contributed by atoms with Gasteiger partial charge in [-0.05, 0) is 86.6 Å². The van der Waals surface area contributed by atoms with Crippen molar-refractivity contribution in [2.75, 3.05) is 0 Å². The van der Waals surface area contributed by atoms with E-state index in [1.807, 2.05) is 0 Å². The summed E-state index contributed by atoms with van der Waals surface area (Å²) >= 11 is 0. The molecule has 0 atom stereocenters. The van der Waals surface area contributed by atoms with Gasteiger partial charge in [0.2, 0.25) is 0 Å². The Morgan fingerprint density at radius 2 is 0.873 bits per heavy atom. The van der Waals surface area contributed by atoms with Gasteiger partial charge in [0.1, 0.15) is 11.2 Å². The van der Waals surface area contributed by atoms with Crippen molar-refractivity contribution >= 4 is 76.3 Å². The molecular weight excluding hydrogens is 669 g/mol. The van der Waals surface area contributed by atoms with Crippen LogP contribution in [0.3, 0.4) is 0 Å². The Morgan fingerprint density at radius 1 is 0.327 bits per heavy atom. The summed E-state index contributed by atoms with van der Waals surface area (Å²) in [4.78, 5) is 0. The molecule has 55 heavy (non-hydrogen) atoms. The van der Waals surface area contributed by atoms with Gasteiger partial charge in [-0.15, -0.1) is 0 Å². The van der Waals surface area contributed by atoms with Crippen LogP contribution in [0.25, 0.3) is 121 Å². The van der Waals surface area contributed by atoms with E-state index in [0.29, 0.717) is 0 Å². The first-order valence-corrected chi connectivity index (χ1v) is 18.9. The Labute approximate surface area is 315 Å². The average molecular weight is 699 g/mol. The van der Waals surface area contributed by atoms with Gasteiger partial charge < -0.3 is 13.6 Å². The van der Waals surface area contributed by atoms with Crippen molar-refractivity contribution in [1.82, 2.24) is 9.13 Å². The number of rotatable bonds is 3. The third-order valence-electron chi connectivity index (χ3n) is 12.0. The summed E-state index contributed by atoms with van der Waals surface area (Å²) < 4.78 is 11.9. The first-order chi connectivity index (χ1) is 27.3. The predicted molar refractivity (Wildman–Crippen MR) is 230 cm³/mol. The Bertz CT molecular complexity index is 3570. The molecule has 0 fully saturated rings. The Balaban J connectivity index is 1.20. The van der Waals surface area contributed by atoms with Crippen molar-refractivity contribution in [1.29, 1.82) is 0 Å². The zero-order valence-corrected chi connectivity index (χ0v) is 29.6. The van der Waals surface area contributed by atoms with Gasteiger partial charge in [-0.25, -0.2) is 0 Å². The van der Waals surface area contributed by atoms with Crippen LogP contribution in [-0.2, 0) is 0 Å². The highest BCUT2D eigenvalue weighted by Gasteiger charge is 2.28. The molecule has 254 valence electrons. The van der Waals surface area contributed by atoms with Crippen LogP contribution in [0.15, 0.2) is 186 Å². The lowest BCUT2D eigenvalue weighted by molar-refractivity contribution is 0.673. The molecule has 0 saturated carbocycles. The highest BCUT2D eigenvalue weighted by molar-refractivity contribution is 6.39. The third kappa shape index (κ3) is 3.74. The number of hydrogen-bond acceptors (Lipinski definition) is 1. The van der Waals surface area contributed by atoms with E-state index < -0.39 is 0 Å². The van der Waals surface area contributed by atoms with Crippen molar-refractivity contribution in [3.63, 3.8) is 0 Å². The van der Waals surface area contributed by atoms with Crippen molar-refractivity contribution in [2.45, 2.75) is 0 Å². The van der Waals surface area contributed by atoms with Crippen LogP contribution in [0.1, 0.15) is 0 Å². The van der Waals surface area contributed by atoms with Gasteiger partial charge in [-0.2, -0.15) is 0 Å². The minimum atomic E-state index is 0.899. The normalized spacial score (nSPS) is 12.4. The SMILES string of the molecule is c1ccc(-n2c3ccccc3c3c4oc5ccccc5c4c4c5ccccc5n(-c5cccc(-c6ccc7c8c(cccc68)-c6ccccc6-7)c5)c4c32)cc1. The quantitative estimate of drug-likeness (QED) is 0.180. The molecule has 1 aliphatic carbocycles. The van der Waals surface area contributed by atoms with Crippen molar-refractivity contribution in [3.8, 4) is 44.8 Å². The minimum absolute atomic E-state index is 0.899. The van der Waals surface area contributed by atoms with E-state index in [0.717, 1.165) is 55.2 Å². The number of furan rings is 1. The van der Waals surface area contributed by atoms with Crippen molar-refractivity contribution in [2.24, 2.45) is 0 Å². The summed E-state index contributed by atoms with van der Waals surface area (Å²) in [5, 5.41) is 9.62. The van der Waals surface area contributed by atoms with Gasteiger partial charge in [0.05, 0.1) is 27.5 Å². The highest BCUT2D eigenvalue weighted by Crippen LogP contribution is 2.51. The van der Waals surface area contributed by atoms with Gasteiger partial charge in [-0.1, -0.05) is 140 Å². The van der Waals surface area contributed by atoms with E-state index in [4.69, 9.17) is 4.42 Å². The van der Waals surface area contributed by atoms with E-state index in [1.54, 1.807) is 0 Å². The van der Waals surface area contributed by atoms with E-state index in [9.17, 15) is 0 Å². The molecule has 13 rings (SSSR count). The van der Waals surface area contributed by atoms with E-state index in [-0.39, 0.29) is 0 Å². The molecule has 12 aromatic rings. The second kappa shape index (κ2) is 10.6. The molecule has 0 spiro atoms. The monoisotopic (exact) mass is 698 g/mol. The maximum atomic E-state index is 6.94. The Morgan fingerprint density at radius 3 is 1.67 bits per heavy atom. The van der Waals surface area contributed by atoms with Crippen molar-refractivity contribution in [3.05, 3.63) is 182 Å². The topological polar surface area (TPSA) is 23.0 Å². The lowest BCUT2D eigenvalue weighted by Crippen LogP contribution is -1.99. The van der Waals surface area contributed by atoms with Crippen LogP contribution in [0.2, 0.25) is 0 Å². The van der Waals surface area contributed by atoms with Crippen LogP contribution in [0.4, 0.5) is 0 Å². The van der Waals surface area contributed by atoms with Crippen LogP contribution < -0.4 is 0 Å². The molecule has 0 aliphatic heterocycles. The van der Waals surface area contributed by atoms with Gasteiger partial charge in [0.25, 0.3) is 0 Å². The van der Waals surface area contributed by atoms with Crippen LogP contribution >= 0.6 is 0 Å². The second-order valence-corrected chi connectivity index (χ2v) is 14.8. The smallest absolute Gasteiger partial charge is 0.146 e. The lowest BCUT2D eigenvalue weighted by atomic mass is 9.94. The van der Waals surface area contributed by atoms with Gasteiger partial charge in [0.15, 0.2) is 0 Å². The lowest BCUT2D eigenvalue weighted by Gasteiger charge is -2.15. The number of fused-ring (bicyclic) bond motifs is 15. The number of benzene rings is 9. The molecule has 3 heterocycles. The number of para-hydroxylation sites is 4. The average Bonchev–Trinajstić information content (AvgIpc) is 3.99. The maximum absolute atomic E-state index is 6.94. The zero-order chi connectivity index (χ0) is 35.8.